The van der Waals surface area contributed by atoms with Crippen molar-refractivity contribution in [3.8, 4) is 5.75 Å². The maximum absolute atomic E-state index is 14.1. The maximum atomic E-state index is 14.1. The summed E-state index contributed by atoms with van der Waals surface area (Å²) in [6, 6.07) is 12.8. The third-order valence-electron chi connectivity index (χ3n) is 4.52. The molecule has 0 radical (unpaired) electrons. The molecule has 0 bridgehead atoms. The number of rotatable bonds is 4. The molecule has 148 valence electrons. The van der Waals surface area contributed by atoms with E-state index in [0.29, 0.717) is 9.87 Å². The van der Waals surface area contributed by atoms with Crippen molar-refractivity contribution in [2.75, 3.05) is 16.3 Å². The molecular formula is C20H16FN3O4S. The lowest BCUT2D eigenvalue weighted by molar-refractivity contribution is 0.253. The predicted molar refractivity (Wildman–Crippen MR) is 105 cm³/mol. The van der Waals surface area contributed by atoms with Crippen LogP contribution in [0.1, 0.15) is 5.56 Å². The molecule has 0 saturated carbocycles. The summed E-state index contributed by atoms with van der Waals surface area (Å²) >= 11 is 0. The summed E-state index contributed by atoms with van der Waals surface area (Å²) in [5.41, 5.74) is 0.837. The van der Waals surface area contributed by atoms with E-state index in [1.807, 2.05) is 0 Å². The fraction of sp³-hybridized carbons (Fsp3) is 0.100. The molecule has 1 aromatic heterocycles. The van der Waals surface area contributed by atoms with Crippen LogP contribution in [0.25, 0.3) is 0 Å². The number of halogens is 1. The van der Waals surface area contributed by atoms with Crippen LogP contribution in [0.3, 0.4) is 0 Å². The smallest absolute Gasteiger partial charge is 0.343 e. The van der Waals surface area contributed by atoms with Crippen molar-refractivity contribution in [2.24, 2.45) is 0 Å². The Hall–Kier alpha value is -3.46. The lowest BCUT2D eigenvalue weighted by atomic mass is 10.2. The lowest BCUT2D eigenvalue weighted by Gasteiger charge is -2.36. The van der Waals surface area contributed by atoms with Crippen LogP contribution in [0.4, 0.5) is 20.6 Å². The zero-order valence-corrected chi connectivity index (χ0v) is 16.1. The normalized spacial score (nSPS) is 15.2. The number of benzene rings is 2. The SMILES string of the molecule is COc1ccc(CN2C(=O)N(c3cccnc3)S(=O)(=O)c3ccccc32)cc1F. The number of urea groups is 1. The number of hydrogen-bond acceptors (Lipinski definition) is 5. The fourth-order valence-electron chi connectivity index (χ4n) is 3.18. The number of nitrogens with zero attached hydrogens (tertiary/aromatic N) is 3. The Morgan fingerprint density at radius 2 is 1.90 bits per heavy atom. The van der Waals surface area contributed by atoms with Gasteiger partial charge in [-0.1, -0.05) is 18.2 Å². The Labute approximate surface area is 167 Å². The Morgan fingerprint density at radius 1 is 1.10 bits per heavy atom. The van der Waals surface area contributed by atoms with Crippen LogP contribution in [0.2, 0.25) is 0 Å². The molecule has 29 heavy (non-hydrogen) atoms. The summed E-state index contributed by atoms with van der Waals surface area (Å²) in [5.74, 6) is -0.488. The number of hydrogen-bond donors (Lipinski definition) is 0. The molecule has 0 spiro atoms. The van der Waals surface area contributed by atoms with Gasteiger partial charge < -0.3 is 4.74 Å². The van der Waals surface area contributed by atoms with Crippen LogP contribution in [0.15, 0.2) is 71.9 Å². The van der Waals surface area contributed by atoms with Crippen LogP contribution >= 0.6 is 0 Å². The minimum absolute atomic E-state index is 0.0163. The van der Waals surface area contributed by atoms with Crippen molar-refractivity contribution in [2.45, 2.75) is 11.4 Å². The zero-order valence-electron chi connectivity index (χ0n) is 15.3. The molecule has 3 aromatic rings. The number of sulfonamides is 1. The third-order valence-corrected chi connectivity index (χ3v) is 6.27. The summed E-state index contributed by atoms with van der Waals surface area (Å²) in [4.78, 5) is 18.4. The number of pyridine rings is 1. The molecule has 0 unspecified atom stereocenters. The molecule has 4 rings (SSSR count). The largest absolute Gasteiger partial charge is 0.494 e. The molecule has 9 heteroatoms. The molecule has 2 aromatic carbocycles. The van der Waals surface area contributed by atoms with Gasteiger partial charge in [0.2, 0.25) is 0 Å². The van der Waals surface area contributed by atoms with E-state index in [9.17, 15) is 17.6 Å². The molecular weight excluding hydrogens is 397 g/mol. The second-order valence-corrected chi connectivity index (χ2v) is 8.04. The van der Waals surface area contributed by atoms with Crippen LogP contribution < -0.4 is 13.9 Å². The first-order chi connectivity index (χ1) is 13.9. The van der Waals surface area contributed by atoms with E-state index in [1.54, 1.807) is 30.3 Å². The number of amides is 2. The summed E-state index contributed by atoms with van der Waals surface area (Å²) in [5, 5.41) is 0. The van der Waals surface area contributed by atoms with E-state index in [2.05, 4.69) is 4.98 Å². The average Bonchev–Trinajstić information content (AvgIpc) is 2.72. The monoisotopic (exact) mass is 413 g/mol. The van der Waals surface area contributed by atoms with Gasteiger partial charge in [-0.25, -0.2) is 17.6 Å². The summed E-state index contributed by atoms with van der Waals surface area (Å²) in [6.07, 6.45) is 2.78. The maximum Gasteiger partial charge on any atom is 0.343 e. The van der Waals surface area contributed by atoms with Crippen LogP contribution in [-0.4, -0.2) is 26.5 Å². The average molecular weight is 413 g/mol. The fourth-order valence-corrected chi connectivity index (χ4v) is 4.76. The van der Waals surface area contributed by atoms with Crippen molar-refractivity contribution < 1.29 is 22.3 Å². The number of fused-ring (bicyclic) bond motifs is 1. The van der Waals surface area contributed by atoms with Gasteiger partial charge in [0.1, 0.15) is 4.90 Å². The highest BCUT2D eigenvalue weighted by Gasteiger charge is 2.42. The predicted octanol–water partition coefficient (Wildman–Crippen LogP) is 3.56. The number of anilines is 2. The van der Waals surface area contributed by atoms with Crippen molar-refractivity contribution in [1.29, 1.82) is 0 Å². The first-order valence-electron chi connectivity index (χ1n) is 8.62. The molecule has 1 aliphatic heterocycles. The van der Waals surface area contributed by atoms with E-state index in [4.69, 9.17) is 4.74 Å². The van der Waals surface area contributed by atoms with Gasteiger partial charge in [-0.05, 0) is 42.0 Å². The molecule has 0 aliphatic carbocycles. The van der Waals surface area contributed by atoms with E-state index in [-0.39, 0.29) is 28.6 Å². The van der Waals surface area contributed by atoms with Gasteiger partial charge in [-0.3, -0.25) is 9.88 Å². The minimum Gasteiger partial charge on any atom is -0.494 e. The van der Waals surface area contributed by atoms with Gasteiger partial charge in [-0.15, -0.1) is 0 Å². The molecule has 0 saturated heterocycles. The Bertz CT molecular complexity index is 1190. The van der Waals surface area contributed by atoms with Gasteiger partial charge in [0.15, 0.2) is 11.6 Å². The quantitative estimate of drug-likeness (QED) is 0.653. The van der Waals surface area contributed by atoms with Crippen LogP contribution in [0.5, 0.6) is 5.75 Å². The Morgan fingerprint density at radius 3 is 2.59 bits per heavy atom. The molecule has 0 atom stereocenters. The molecule has 2 heterocycles. The molecule has 7 nitrogen and oxygen atoms in total. The topological polar surface area (TPSA) is 79.8 Å². The number of carbonyl (C=O) groups is 1. The first kappa shape index (κ1) is 18.9. The molecule has 2 amide bonds. The zero-order chi connectivity index (χ0) is 20.6. The molecule has 0 fully saturated rings. The van der Waals surface area contributed by atoms with E-state index >= 15 is 0 Å². The van der Waals surface area contributed by atoms with Crippen LogP contribution in [-0.2, 0) is 16.6 Å². The Balaban J connectivity index is 1.83. The van der Waals surface area contributed by atoms with Gasteiger partial charge in [-0.2, -0.15) is 4.31 Å². The van der Waals surface area contributed by atoms with Gasteiger partial charge in [0.05, 0.1) is 31.2 Å². The number of aromatic nitrogens is 1. The molecule has 0 N–H and O–H groups in total. The van der Waals surface area contributed by atoms with Crippen molar-refractivity contribution >= 4 is 27.4 Å². The number of methoxy groups -OCH3 is 1. The third kappa shape index (κ3) is 3.19. The first-order valence-corrected chi connectivity index (χ1v) is 10.1. The second-order valence-electron chi connectivity index (χ2n) is 6.29. The van der Waals surface area contributed by atoms with Gasteiger partial charge in [0, 0.05) is 6.20 Å². The Kier molecular flexibility index (Phi) is 4.67. The summed E-state index contributed by atoms with van der Waals surface area (Å²) in [7, 11) is -2.76. The van der Waals surface area contributed by atoms with E-state index in [1.165, 1.54) is 48.7 Å². The van der Waals surface area contributed by atoms with E-state index in [0.717, 1.165) is 0 Å². The van der Waals surface area contributed by atoms with E-state index < -0.39 is 21.9 Å². The van der Waals surface area contributed by atoms with Crippen molar-refractivity contribution in [3.05, 3.63) is 78.4 Å². The highest BCUT2D eigenvalue weighted by atomic mass is 32.2. The van der Waals surface area contributed by atoms with Gasteiger partial charge >= 0.3 is 6.03 Å². The van der Waals surface area contributed by atoms with Crippen molar-refractivity contribution in [1.82, 2.24) is 4.98 Å². The lowest BCUT2D eigenvalue weighted by Crippen LogP contribution is -2.50. The summed E-state index contributed by atoms with van der Waals surface area (Å²) < 4.78 is 46.0. The number of para-hydroxylation sites is 1. The molecule has 1 aliphatic rings. The number of ether oxygens (including phenoxy) is 1. The standard InChI is InChI=1S/C20H16FN3O4S/c1-28-18-9-8-14(11-16(18)21)13-23-17-6-2-3-7-19(17)29(26,27)24(20(23)25)15-5-4-10-22-12-15/h2-12H,13H2,1H3. The van der Waals surface area contributed by atoms with Crippen LogP contribution in [0, 0.1) is 5.82 Å². The highest BCUT2D eigenvalue weighted by Crippen LogP contribution is 2.37. The number of carbonyl (C=O) groups excluding carboxylic acids is 1. The summed E-state index contributed by atoms with van der Waals surface area (Å²) in [6.45, 7) is -0.0248. The van der Waals surface area contributed by atoms with Crippen molar-refractivity contribution in [3.63, 3.8) is 0 Å². The highest BCUT2D eigenvalue weighted by molar-refractivity contribution is 7.94. The van der Waals surface area contributed by atoms with Gasteiger partial charge in [0.25, 0.3) is 10.0 Å². The minimum atomic E-state index is -4.12. The second kappa shape index (κ2) is 7.17.